The van der Waals surface area contributed by atoms with Gasteiger partial charge in [-0.15, -0.1) is 0 Å². The molecule has 118 valence electrons. The molecule has 0 spiro atoms. The van der Waals surface area contributed by atoms with Gasteiger partial charge in [0.05, 0.1) is 25.9 Å². The third-order valence-electron chi connectivity index (χ3n) is 4.40. The summed E-state index contributed by atoms with van der Waals surface area (Å²) >= 11 is 0. The highest BCUT2D eigenvalue weighted by Crippen LogP contribution is 2.29. The van der Waals surface area contributed by atoms with Crippen LogP contribution >= 0.6 is 0 Å². The summed E-state index contributed by atoms with van der Waals surface area (Å²) in [6.45, 7) is 11.2. The fourth-order valence-electron chi connectivity index (χ4n) is 2.97. The molecule has 1 aromatic carbocycles. The van der Waals surface area contributed by atoms with Crippen LogP contribution < -0.4 is 10.5 Å². The second kappa shape index (κ2) is 6.77. The summed E-state index contributed by atoms with van der Waals surface area (Å²) < 4.78 is 11.3. The number of nitrogens with two attached hydrogens (primary N) is 1. The monoisotopic (exact) mass is 292 g/mol. The van der Waals surface area contributed by atoms with Gasteiger partial charge in [0.2, 0.25) is 0 Å². The molecule has 0 amide bonds. The summed E-state index contributed by atoms with van der Waals surface area (Å²) in [4.78, 5) is 2.43. The van der Waals surface area contributed by atoms with Gasteiger partial charge in [-0.05, 0) is 50.5 Å². The van der Waals surface area contributed by atoms with E-state index in [4.69, 9.17) is 15.2 Å². The number of ether oxygens (including phenoxy) is 2. The average Bonchev–Trinajstić information content (AvgIpc) is 2.48. The highest BCUT2D eigenvalue weighted by Gasteiger charge is 2.29. The molecular weight excluding hydrogens is 264 g/mol. The third-order valence-corrected chi connectivity index (χ3v) is 4.40. The standard InChI is InChI=1S/C17H28N2O2/c1-11(2)19-6-7-21-16(10-19)17(18)14-8-13(4)15(20-5)9-12(14)3/h8-9,11,16-17H,6-7,10,18H2,1-5H3. The van der Waals surface area contributed by atoms with E-state index in [1.165, 1.54) is 0 Å². The quantitative estimate of drug-likeness (QED) is 0.926. The van der Waals surface area contributed by atoms with E-state index < -0.39 is 0 Å². The number of hydrogen-bond donors (Lipinski definition) is 1. The maximum Gasteiger partial charge on any atom is 0.122 e. The van der Waals surface area contributed by atoms with Crippen LogP contribution in [0.15, 0.2) is 12.1 Å². The van der Waals surface area contributed by atoms with E-state index in [9.17, 15) is 0 Å². The summed E-state index contributed by atoms with van der Waals surface area (Å²) in [5.74, 6) is 0.914. The predicted octanol–water partition coefficient (Wildman–Crippen LogP) is 2.42. The molecular formula is C17H28N2O2. The largest absolute Gasteiger partial charge is 0.496 e. The molecule has 0 aliphatic carbocycles. The Kier molecular flexibility index (Phi) is 5.25. The lowest BCUT2D eigenvalue weighted by molar-refractivity contribution is -0.0503. The number of morpholine rings is 1. The molecule has 4 heteroatoms. The molecule has 21 heavy (non-hydrogen) atoms. The van der Waals surface area contributed by atoms with Crippen molar-refractivity contribution in [3.05, 3.63) is 28.8 Å². The first-order valence-corrected chi connectivity index (χ1v) is 7.70. The zero-order valence-corrected chi connectivity index (χ0v) is 13.8. The normalized spacial score (nSPS) is 21.6. The Morgan fingerprint density at radius 1 is 1.29 bits per heavy atom. The van der Waals surface area contributed by atoms with Crippen molar-refractivity contribution in [2.75, 3.05) is 26.8 Å². The van der Waals surface area contributed by atoms with Crippen LogP contribution in [0.5, 0.6) is 5.75 Å². The molecule has 2 rings (SSSR count). The number of aryl methyl sites for hydroxylation is 2. The lowest BCUT2D eigenvalue weighted by Crippen LogP contribution is -2.49. The highest BCUT2D eigenvalue weighted by molar-refractivity contribution is 5.43. The maximum atomic E-state index is 6.50. The van der Waals surface area contributed by atoms with Crippen molar-refractivity contribution in [1.82, 2.24) is 4.90 Å². The Morgan fingerprint density at radius 3 is 2.62 bits per heavy atom. The molecule has 1 fully saturated rings. The minimum Gasteiger partial charge on any atom is -0.496 e. The first-order chi connectivity index (χ1) is 9.93. The van der Waals surface area contributed by atoms with Gasteiger partial charge in [0.1, 0.15) is 5.75 Å². The lowest BCUT2D eigenvalue weighted by atomic mass is 9.94. The van der Waals surface area contributed by atoms with E-state index in [1.807, 2.05) is 0 Å². The molecule has 2 atom stereocenters. The molecule has 2 N–H and O–H groups in total. The molecule has 1 saturated heterocycles. The lowest BCUT2D eigenvalue weighted by Gasteiger charge is -2.38. The minimum absolute atomic E-state index is 0.0487. The van der Waals surface area contributed by atoms with Crippen molar-refractivity contribution in [1.29, 1.82) is 0 Å². The van der Waals surface area contributed by atoms with Crippen molar-refractivity contribution >= 4 is 0 Å². The van der Waals surface area contributed by atoms with E-state index in [0.29, 0.717) is 6.04 Å². The fraction of sp³-hybridized carbons (Fsp3) is 0.647. The van der Waals surface area contributed by atoms with Crippen molar-refractivity contribution in [2.24, 2.45) is 5.73 Å². The van der Waals surface area contributed by atoms with Crippen molar-refractivity contribution in [3.63, 3.8) is 0 Å². The van der Waals surface area contributed by atoms with Crippen LogP contribution in [-0.4, -0.2) is 43.9 Å². The smallest absolute Gasteiger partial charge is 0.122 e. The maximum absolute atomic E-state index is 6.50. The summed E-state index contributed by atoms with van der Waals surface area (Å²) in [7, 11) is 1.70. The summed E-state index contributed by atoms with van der Waals surface area (Å²) in [5, 5.41) is 0. The second-order valence-corrected chi connectivity index (χ2v) is 6.20. The Morgan fingerprint density at radius 2 is 2.00 bits per heavy atom. The summed E-state index contributed by atoms with van der Waals surface area (Å²) in [6, 6.07) is 4.63. The molecule has 0 saturated carbocycles. The molecule has 2 unspecified atom stereocenters. The van der Waals surface area contributed by atoms with Gasteiger partial charge in [-0.1, -0.05) is 6.07 Å². The highest BCUT2D eigenvalue weighted by atomic mass is 16.5. The number of methoxy groups -OCH3 is 1. The van der Waals surface area contributed by atoms with Gasteiger partial charge in [-0.3, -0.25) is 4.90 Å². The number of nitrogens with zero attached hydrogens (tertiary/aromatic N) is 1. The molecule has 0 bridgehead atoms. The Labute approximate surface area is 128 Å². The van der Waals surface area contributed by atoms with Gasteiger partial charge in [0.15, 0.2) is 0 Å². The molecule has 4 nitrogen and oxygen atoms in total. The van der Waals surface area contributed by atoms with E-state index in [2.05, 4.69) is 44.7 Å². The van der Waals surface area contributed by atoms with E-state index in [1.54, 1.807) is 7.11 Å². The van der Waals surface area contributed by atoms with E-state index in [-0.39, 0.29) is 12.1 Å². The molecule has 0 radical (unpaired) electrons. The molecule has 1 aromatic rings. The SMILES string of the molecule is COc1cc(C)c(C(N)C2CN(C(C)C)CCO2)cc1C. The van der Waals surface area contributed by atoms with Gasteiger partial charge in [0.25, 0.3) is 0 Å². The Hall–Kier alpha value is -1.10. The predicted molar refractivity (Wildman–Crippen MR) is 85.8 cm³/mol. The summed E-state index contributed by atoms with van der Waals surface area (Å²) in [5.41, 5.74) is 9.94. The zero-order valence-electron chi connectivity index (χ0n) is 13.8. The van der Waals surface area contributed by atoms with Gasteiger partial charge >= 0.3 is 0 Å². The third kappa shape index (κ3) is 3.57. The van der Waals surface area contributed by atoms with Crippen LogP contribution in [-0.2, 0) is 4.74 Å². The number of rotatable bonds is 4. The zero-order chi connectivity index (χ0) is 15.6. The Balaban J connectivity index is 2.19. The average molecular weight is 292 g/mol. The molecule has 0 aromatic heterocycles. The van der Waals surface area contributed by atoms with Crippen LogP contribution in [0.2, 0.25) is 0 Å². The minimum atomic E-state index is -0.101. The van der Waals surface area contributed by atoms with Crippen LogP contribution in [0, 0.1) is 13.8 Å². The van der Waals surface area contributed by atoms with Gasteiger partial charge in [0, 0.05) is 19.1 Å². The molecule has 1 aliphatic heterocycles. The van der Waals surface area contributed by atoms with Crippen molar-refractivity contribution < 1.29 is 9.47 Å². The van der Waals surface area contributed by atoms with E-state index >= 15 is 0 Å². The first kappa shape index (κ1) is 16.3. The van der Waals surface area contributed by atoms with Crippen molar-refractivity contribution in [3.8, 4) is 5.75 Å². The van der Waals surface area contributed by atoms with Gasteiger partial charge in [-0.2, -0.15) is 0 Å². The van der Waals surface area contributed by atoms with Gasteiger partial charge in [-0.25, -0.2) is 0 Å². The van der Waals surface area contributed by atoms with Crippen LogP contribution in [0.1, 0.15) is 36.6 Å². The van der Waals surface area contributed by atoms with Crippen molar-refractivity contribution in [2.45, 2.75) is 45.9 Å². The fourth-order valence-corrected chi connectivity index (χ4v) is 2.97. The van der Waals surface area contributed by atoms with Crippen LogP contribution in [0.25, 0.3) is 0 Å². The van der Waals surface area contributed by atoms with E-state index in [0.717, 1.165) is 42.1 Å². The molecule has 1 heterocycles. The van der Waals surface area contributed by atoms with Gasteiger partial charge < -0.3 is 15.2 Å². The molecule has 1 aliphatic rings. The summed E-state index contributed by atoms with van der Waals surface area (Å²) in [6.07, 6.45) is 0.0487. The first-order valence-electron chi connectivity index (χ1n) is 7.70. The second-order valence-electron chi connectivity index (χ2n) is 6.20. The van der Waals surface area contributed by atoms with Crippen LogP contribution in [0.4, 0.5) is 0 Å². The number of hydrogen-bond acceptors (Lipinski definition) is 4. The van der Waals surface area contributed by atoms with Crippen LogP contribution in [0.3, 0.4) is 0 Å². The Bertz CT molecular complexity index is 488. The number of benzene rings is 1. The topological polar surface area (TPSA) is 47.7 Å².